The van der Waals surface area contributed by atoms with E-state index in [0.29, 0.717) is 29.9 Å². The highest BCUT2D eigenvalue weighted by Gasteiger charge is 2.37. The fraction of sp³-hybridized carbons (Fsp3) is 0.280. The van der Waals surface area contributed by atoms with Gasteiger partial charge in [0.25, 0.3) is 5.91 Å². The van der Waals surface area contributed by atoms with E-state index in [4.69, 9.17) is 14.9 Å². The van der Waals surface area contributed by atoms with Crippen LogP contribution in [0.15, 0.2) is 64.2 Å². The van der Waals surface area contributed by atoms with Crippen molar-refractivity contribution in [2.75, 3.05) is 19.7 Å². The maximum atomic E-state index is 12.8. The number of fused-ring (bicyclic) bond motifs is 1. The van der Waals surface area contributed by atoms with E-state index in [9.17, 15) is 4.79 Å². The maximum Gasteiger partial charge on any atom is 0.283 e. The van der Waals surface area contributed by atoms with Gasteiger partial charge in [-0.3, -0.25) is 10.2 Å². The van der Waals surface area contributed by atoms with Crippen molar-refractivity contribution in [3.63, 3.8) is 0 Å². The summed E-state index contributed by atoms with van der Waals surface area (Å²) in [7, 11) is 0. The highest BCUT2D eigenvalue weighted by molar-refractivity contribution is 8.26. The van der Waals surface area contributed by atoms with E-state index in [1.165, 1.54) is 16.8 Å². The number of aliphatic imine (C=N–C) groups is 1. The molecule has 174 valence electrons. The van der Waals surface area contributed by atoms with Gasteiger partial charge < -0.3 is 14.4 Å². The molecule has 3 aliphatic heterocycles. The molecule has 1 saturated heterocycles. The van der Waals surface area contributed by atoms with Gasteiger partial charge in [0, 0.05) is 13.1 Å². The number of hydrogen-bond acceptors (Lipinski definition) is 7. The first-order chi connectivity index (χ1) is 16.6. The summed E-state index contributed by atoms with van der Waals surface area (Å²) in [6.45, 7) is 4.68. The van der Waals surface area contributed by atoms with Crippen LogP contribution in [0.4, 0.5) is 0 Å². The summed E-state index contributed by atoms with van der Waals surface area (Å²) in [5.41, 5.74) is 1.97. The number of benzene rings is 2. The van der Waals surface area contributed by atoms with Gasteiger partial charge >= 0.3 is 0 Å². The van der Waals surface area contributed by atoms with Crippen molar-refractivity contribution in [3.05, 3.63) is 65.2 Å². The molecule has 0 saturated carbocycles. The molecule has 1 amide bonds. The van der Waals surface area contributed by atoms with Gasteiger partial charge in [-0.1, -0.05) is 36.4 Å². The van der Waals surface area contributed by atoms with Crippen LogP contribution in [-0.4, -0.2) is 51.7 Å². The monoisotopic (exact) mass is 475 g/mol. The molecule has 3 aliphatic rings. The van der Waals surface area contributed by atoms with Crippen LogP contribution in [0.25, 0.3) is 6.08 Å². The Kier molecular flexibility index (Phi) is 6.35. The average Bonchev–Trinajstić information content (AvgIpc) is 3.52. The molecule has 2 aromatic rings. The molecule has 0 aliphatic carbocycles. The molecular weight excluding hydrogens is 450 g/mol. The van der Waals surface area contributed by atoms with Gasteiger partial charge in [-0.25, -0.2) is 0 Å². The van der Waals surface area contributed by atoms with E-state index < -0.39 is 5.91 Å². The van der Waals surface area contributed by atoms with Gasteiger partial charge in [0.15, 0.2) is 22.5 Å². The molecule has 2 aromatic carbocycles. The lowest BCUT2D eigenvalue weighted by molar-refractivity contribution is -0.114. The zero-order chi connectivity index (χ0) is 23.5. The van der Waals surface area contributed by atoms with E-state index in [1.807, 2.05) is 55.5 Å². The van der Waals surface area contributed by atoms with Crippen LogP contribution in [0.1, 0.15) is 30.9 Å². The third-order valence-corrected chi connectivity index (χ3v) is 6.61. The number of ether oxygens (including phenoxy) is 2. The van der Waals surface area contributed by atoms with Gasteiger partial charge in [-0.05, 0) is 60.9 Å². The second kappa shape index (κ2) is 9.72. The van der Waals surface area contributed by atoms with Crippen LogP contribution in [0.5, 0.6) is 11.5 Å². The summed E-state index contributed by atoms with van der Waals surface area (Å²) in [5.74, 6) is 0.787. The standard InChI is InChI=1S/C25H25N5O3S/c1-2-32-21-15-18(10-11-20(21)33-16-17-8-4-3-5-9-17)14-19-22(26)30-24(27-23(19)31)34-25(28-30)29-12-6-7-13-29/h3-5,8-11,14-15,26H,2,6-7,12-13,16H2,1H3/b19-14+,26-22?. The van der Waals surface area contributed by atoms with E-state index in [0.717, 1.165) is 42.2 Å². The molecule has 9 heteroatoms. The second-order valence-electron chi connectivity index (χ2n) is 8.01. The summed E-state index contributed by atoms with van der Waals surface area (Å²) < 4.78 is 11.8. The molecule has 1 N–H and O–H groups in total. The van der Waals surface area contributed by atoms with Crippen molar-refractivity contribution >= 4 is 39.9 Å². The number of amidine groups is 3. The molecule has 0 aromatic heterocycles. The quantitative estimate of drug-likeness (QED) is 0.625. The number of nitrogens with one attached hydrogen (secondary N) is 1. The van der Waals surface area contributed by atoms with Crippen molar-refractivity contribution in [2.24, 2.45) is 10.1 Å². The summed E-state index contributed by atoms with van der Waals surface area (Å²) in [6.07, 6.45) is 3.91. The SMILES string of the molecule is CCOc1cc(/C=C2\C(=N)N3N=C(N4CCCC4)SC3=NC2=O)ccc1OCc1ccccc1. The summed E-state index contributed by atoms with van der Waals surface area (Å²) in [4.78, 5) is 19.1. The van der Waals surface area contributed by atoms with Crippen LogP contribution in [0.2, 0.25) is 0 Å². The molecule has 0 atom stereocenters. The fourth-order valence-electron chi connectivity index (χ4n) is 3.92. The minimum absolute atomic E-state index is 0.0269. The van der Waals surface area contributed by atoms with Crippen LogP contribution in [0.3, 0.4) is 0 Å². The Morgan fingerprint density at radius 1 is 1.06 bits per heavy atom. The number of rotatable bonds is 6. The van der Waals surface area contributed by atoms with Gasteiger partial charge in [0.2, 0.25) is 5.17 Å². The zero-order valence-electron chi connectivity index (χ0n) is 18.9. The predicted octanol–water partition coefficient (Wildman–Crippen LogP) is 4.34. The highest BCUT2D eigenvalue weighted by atomic mass is 32.2. The Balaban J connectivity index is 1.37. The molecule has 0 bridgehead atoms. The molecule has 5 rings (SSSR count). The Morgan fingerprint density at radius 2 is 1.85 bits per heavy atom. The van der Waals surface area contributed by atoms with Gasteiger partial charge in [0.05, 0.1) is 12.2 Å². The molecule has 8 nitrogen and oxygen atoms in total. The number of likely N-dealkylation sites (tertiary alicyclic amines) is 1. The Labute approximate surface area is 202 Å². The van der Waals surface area contributed by atoms with E-state index >= 15 is 0 Å². The maximum absolute atomic E-state index is 12.8. The lowest BCUT2D eigenvalue weighted by atomic mass is 10.1. The molecule has 3 heterocycles. The molecule has 0 spiro atoms. The van der Waals surface area contributed by atoms with Crippen molar-refractivity contribution in [1.82, 2.24) is 9.91 Å². The minimum Gasteiger partial charge on any atom is -0.490 e. The molecule has 0 unspecified atom stereocenters. The Morgan fingerprint density at radius 3 is 2.62 bits per heavy atom. The number of nitrogens with zero attached hydrogens (tertiary/aromatic N) is 4. The molecule has 34 heavy (non-hydrogen) atoms. The summed E-state index contributed by atoms with van der Waals surface area (Å²) in [6, 6.07) is 15.4. The van der Waals surface area contributed by atoms with Gasteiger partial charge in [0.1, 0.15) is 6.61 Å². The number of carbonyl (C=O) groups is 1. The van der Waals surface area contributed by atoms with Gasteiger partial charge in [-0.15, -0.1) is 5.10 Å². The molecule has 1 fully saturated rings. The predicted molar refractivity (Wildman–Crippen MR) is 134 cm³/mol. The number of hydrogen-bond donors (Lipinski definition) is 1. The van der Waals surface area contributed by atoms with Gasteiger partial charge in [-0.2, -0.15) is 10.0 Å². The van der Waals surface area contributed by atoms with E-state index in [-0.39, 0.29) is 11.4 Å². The number of hydrazone groups is 1. The first-order valence-corrected chi connectivity index (χ1v) is 12.1. The third-order valence-electron chi connectivity index (χ3n) is 5.64. The summed E-state index contributed by atoms with van der Waals surface area (Å²) in [5, 5.41) is 15.9. The third kappa shape index (κ3) is 4.56. The first-order valence-electron chi connectivity index (χ1n) is 11.3. The number of thioether (sulfide) groups is 1. The second-order valence-corrected chi connectivity index (χ2v) is 8.94. The Bertz CT molecular complexity index is 1200. The highest BCUT2D eigenvalue weighted by Crippen LogP contribution is 2.33. The largest absolute Gasteiger partial charge is 0.490 e. The van der Waals surface area contributed by atoms with Crippen molar-refractivity contribution in [3.8, 4) is 11.5 Å². The normalized spacial score (nSPS) is 18.8. The summed E-state index contributed by atoms with van der Waals surface area (Å²) >= 11 is 1.35. The van der Waals surface area contributed by atoms with Crippen LogP contribution < -0.4 is 9.47 Å². The van der Waals surface area contributed by atoms with Crippen molar-refractivity contribution in [2.45, 2.75) is 26.4 Å². The van der Waals surface area contributed by atoms with Crippen molar-refractivity contribution in [1.29, 1.82) is 5.41 Å². The Hall–Kier alpha value is -3.59. The zero-order valence-corrected chi connectivity index (χ0v) is 19.7. The van der Waals surface area contributed by atoms with E-state index in [1.54, 1.807) is 6.08 Å². The van der Waals surface area contributed by atoms with Crippen molar-refractivity contribution < 1.29 is 14.3 Å². The smallest absolute Gasteiger partial charge is 0.283 e. The topological polar surface area (TPSA) is 90.6 Å². The fourth-order valence-corrected chi connectivity index (χ4v) is 4.87. The molecule has 0 radical (unpaired) electrons. The van der Waals surface area contributed by atoms with Crippen LogP contribution >= 0.6 is 11.8 Å². The number of amides is 1. The lowest BCUT2D eigenvalue weighted by Crippen LogP contribution is -2.35. The van der Waals surface area contributed by atoms with Crippen LogP contribution in [-0.2, 0) is 11.4 Å². The molecular formula is C25H25N5O3S. The minimum atomic E-state index is -0.441. The van der Waals surface area contributed by atoms with E-state index in [2.05, 4.69) is 15.0 Å². The lowest BCUT2D eigenvalue weighted by Gasteiger charge is -2.20. The van der Waals surface area contributed by atoms with Crippen LogP contribution in [0, 0.1) is 5.41 Å². The average molecular weight is 476 g/mol. The number of carbonyl (C=O) groups excluding carboxylic acids is 1. The first kappa shape index (κ1) is 22.2.